The Balaban J connectivity index is 2.25. The minimum absolute atomic E-state index is 0.506. The molecule has 1 aliphatic rings. The fourth-order valence-corrected chi connectivity index (χ4v) is 3.06. The summed E-state index contributed by atoms with van der Waals surface area (Å²) in [6, 6.07) is 7.11. The van der Waals surface area contributed by atoms with Gasteiger partial charge in [0.25, 0.3) is 0 Å². The molecular formula is C16H26N2O. The Morgan fingerprint density at radius 3 is 2.42 bits per heavy atom. The summed E-state index contributed by atoms with van der Waals surface area (Å²) < 4.78 is 5.36. The van der Waals surface area contributed by atoms with Gasteiger partial charge in [0.15, 0.2) is 0 Å². The molecule has 1 N–H and O–H groups in total. The number of hydrogen-bond acceptors (Lipinski definition) is 3. The maximum Gasteiger partial charge on any atom is 0.121 e. The zero-order valence-corrected chi connectivity index (χ0v) is 12.6. The van der Waals surface area contributed by atoms with Crippen LogP contribution >= 0.6 is 0 Å². The Hall–Kier alpha value is -1.06. The SMILES string of the molecule is COc1ccc(C(C(C)C)N2CCNCC2)cc1C. The predicted octanol–water partition coefficient (Wildman–Crippen LogP) is 2.61. The van der Waals surface area contributed by atoms with E-state index in [2.05, 4.69) is 49.2 Å². The molecule has 0 bridgehead atoms. The minimum Gasteiger partial charge on any atom is -0.496 e. The molecule has 0 aromatic heterocycles. The highest BCUT2D eigenvalue weighted by atomic mass is 16.5. The second-order valence-electron chi connectivity index (χ2n) is 5.70. The molecular weight excluding hydrogens is 236 g/mol. The Kier molecular flexibility index (Phi) is 4.83. The van der Waals surface area contributed by atoms with E-state index >= 15 is 0 Å². The number of rotatable bonds is 4. The van der Waals surface area contributed by atoms with Crippen LogP contribution in [-0.4, -0.2) is 38.2 Å². The molecule has 1 heterocycles. The second-order valence-corrected chi connectivity index (χ2v) is 5.70. The first kappa shape index (κ1) is 14.4. The molecule has 106 valence electrons. The number of nitrogens with one attached hydrogen (secondary N) is 1. The Labute approximate surface area is 116 Å². The summed E-state index contributed by atoms with van der Waals surface area (Å²) in [5.74, 6) is 1.59. The van der Waals surface area contributed by atoms with E-state index in [9.17, 15) is 0 Å². The molecule has 0 aliphatic carbocycles. The Morgan fingerprint density at radius 2 is 1.89 bits per heavy atom. The molecule has 0 spiro atoms. The normalized spacial score (nSPS) is 18.6. The highest BCUT2D eigenvalue weighted by Gasteiger charge is 2.25. The van der Waals surface area contributed by atoms with E-state index in [1.54, 1.807) is 7.11 Å². The van der Waals surface area contributed by atoms with Crippen LogP contribution in [0.3, 0.4) is 0 Å². The Morgan fingerprint density at radius 1 is 1.21 bits per heavy atom. The van der Waals surface area contributed by atoms with E-state index in [-0.39, 0.29) is 0 Å². The number of methoxy groups -OCH3 is 1. The van der Waals surface area contributed by atoms with Crippen LogP contribution in [-0.2, 0) is 0 Å². The molecule has 1 atom stereocenters. The van der Waals surface area contributed by atoms with Crippen molar-refractivity contribution < 1.29 is 4.74 Å². The highest BCUT2D eigenvalue weighted by Crippen LogP contribution is 2.31. The number of hydrogen-bond donors (Lipinski definition) is 1. The van der Waals surface area contributed by atoms with E-state index in [1.165, 1.54) is 11.1 Å². The summed E-state index contributed by atoms with van der Waals surface area (Å²) in [5.41, 5.74) is 2.64. The van der Waals surface area contributed by atoms with Crippen LogP contribution in [0, 0.1) is 12.8 Å². The second kappa shape index (κ2) is 6.40. The molecule has 1 aromatic carbocycles. The molecule has 3 nitrogen and oxygen atoms in total. The number of ether oxygens (including phenoxy) is 1. The maximum atomic E-state index is 5.36. The largest absolute Gasteiger partial charge is 0.496 e. The fourth-order valence-electron chi connectivity index (χ4n) is 3.06. The molecule has 3 heteroatoms. The highest BCUT2D eigenvalue weighted by molar-refractivity contribution is 5.37. The van der Waals surface area contributed by atoms with Crippen LogP contribution in [0.2, 0.25) is 0 Å². The van der Waals surface area contributed by atoms with E-state index in [0.29, 0.717) is 12.0 Å². The topological polar surface area (TPSA) is 24.5 Å². The van der Waals surface area contributed by atoms with Crippen molar-refractivity contribution >= 4 is 0 Å². The van der Waals surface area contributed by atoms with Crippen molar-refractivity contribution in [1.82, 2.24) is 10.2 Å². The first-order valence-electron chi connectivity index (χ1n) is 7.22. The van der Waals surface area contributed by atoms with Crippen molar-refractivity contribution in [3.63, 3.8) is 0 Å². The molecule has 1 aromatic rings. The zero-order chi connectivity index (χ0) is 13.8. The summed E-state index contributed by atoms with van der Waals surface area (Å²) in [4.78, 5) is 2.60. The first-order chi connectivity index (χ1) is 9.13. The predicted molar refractivity (Wildman–Crippen MR) is 79.8 cm³/mol. The zero-order valence-electron chi connectivity index (χ0n) is 12.6. The van der Waals surface area contributed by atoms with Gasteiger partial charge in [-0.1, -0.05) is 26.0 Å². The third-order valence-corrected chi connectivity index (χ3v) is 3.94. The Bertz CT molecular complexity index is 411. The van der Waals surface area contributed by atoms with Crippen molar-refractivity contribution in [3.05, 3.63) is 29.3 Å². The van der Waals surface area contributed by atoms with Crippen molar-refractivity contribution in [2.24, 2.45) is 5.92 Å². The van der Waals surface area contributed by atoms with Gasteiger partial charge in [-0.15, -0.1) is 0 Å². The van der Waals surface area contributed by atoms with Gasteiger partial charge < -0.3 is 10.1 Å². The van der Waals surface area contributed by atoms with Crippen LogP contribution in [0.25, 0.3) is 0 Å². The average Bonchev–Trinajstić information content (AvgIpc) is 2.40. The lowest BCUT2D eigenvalue weighted by Crippen LogP contribution is -2.46. The molecule has 0 amide bonds. The molecule has 2 rings (SSSR count). The molecule has 19 heavy (non-hydrogen) atoms. The molecule has 0 saturated carbocycles. The van der Waals surface area contributed by atoms with Crippen molar-refractivity contribution in [2.75, 3.05) is 33.3 Å². The molecule has 0 radical (unpaired) electrons. The van der Waals surface area contributed by atoms with Gasteiger partial charge in [0.2, 0.25) is 0 Å². The van der Waals surface area contributed by atoms with Gasteiger partial charge in [-0.25, -0.2) is 0 Å². The van der Waals surface area contributed by atoms with Gasteiger partial charge in [-0.3, -0.25) is 4.90 Å². The van der Waals surface area contributed by atoms with E-state index in [1.807, 2.05) is 0 Å². The van der Waals surface area contributed by atoms with Gasteiger partial charge in [-0.05, 0) is 30.0 Å². The standard InChI is InChI=1S/C16H26N2O/c1-12(2)16(18-9-7-17-8-10-18)14-5-6-15(19-4)13(3)11-14/h5-6,11-12,16-17H,7-10H2,1-4H3. The number of benzene rings is 1. The lowest BCUT2D eigenvalue weighted by molar-refractivity contribution is 0.137. The fraction of sp³-hybridized carbons (Fsp3) is 0.625. The van der Waals surface area contributed by atoms with Crippen LogP contribution in [0.4, 0.5) is 0 Å². The van der Waals surface area contributed by atoms with Gasteiger partial charge in [0, 0.05) is 32.2 Å². The van der Waals surface area contributed by atoms with Crippen LogP contribution in [0.5, 0.6) is 5.75 Å². The lowest BCUT2D eigenvalue weighted by atomic mass is 9.92. The van der Waals surface area contributed by atoms with Crippen LogP contribution in [0.1, 0.15) is 31.0 Å². The van der Waals surface area contributed by atoms with Crippen LogP contribution in [0.15, 0.2) is 18.2 Å². The summed E-state index contributed by atoms with van der Waals surface area (Å²) in [6.07, 6.45) is 0. The smallest absolute Gasteiger partial charge is 0.121 e. The van der Waals surface area contributed by atoms with E-state index in [4.69, 9.17) is 4.74 Å². The summed E-state index contributed by atoms with van der Waals surface area (Å²) in [6.45, 7) is 11.2. The monoisotopic (exact) mass is 262 g/mol. The van der Waals surface area contributed by atoms with Crippen molar-refractivity contribution in [1.29, 1.82) is 0 Å². The molecule has 1 unspecified atom stereocenters. The van der Waals surface area contributed by atoms with Gasteiger partial charge in [0.1, 0.15) is 5.75 Å². The number of piperazine rings is 1. The molecule has 1 saturated heterocycles. The number of aryl methyl sites for hydroxylation is 1. The number of nitrogens with zero attached hydrogens (tertiary/aromatic N) is 1. The first-order valence-corrected chi connectivity index (χ1v) is 7.22. The van der Waals surface area contributed by atoms with Crippen LogP contribution < -0.4 is 10.1 Å². The molecule has 1 aliphatic heterocycles. The van der Waals surface area contributed by atoms with Gasteiger partial charge in [-0.2, -0.15) is 0 Å². The van der Waals surface area contributed by atoms with E-state index in [0.717, 1.165) is 31.9 Å². The quantitative estimate of drug-likeness (QED) is 0.902. The molecule has 1 fully saturated rings. The van der Waals surface area contributed by atoms with Gasteiger partial charge >= 0.3 is 0 Å². The lowest BCUT2D eigenvalue weighted by Gasteiger charge is -2.37. The average molecular weight is 262 g/mol. The van der Waals surface area contributed by atoms with Crippen molar-refractivity contribution in [2.45, 2.75) is 26.8 Å². The van der Waals surface area contributed by atoms with Crippen molar-refractivity contribution in [3.8, 4) is 5.75 Å². The third kappa shape index (κ3) is 3.28. The maximum absolute atomic E-state index is 5.36. The summed E-state index contributed by atoms with van der Waals surface area (Å²) in [7, 11) is 1.73. The minimum atomic E-state index is 0.506. The van der Waals surface area contributed by atoms with Gasteiger partial charge in [0.05, 0.1) is 7.11 Å². The third-order valence-electron chi connectivity index (χ3n) is 3.94. The summed E-state index contributed by atoms with van der Waals surface area (Å²) >= 11 is 0. The summed E-state index contributed by atoms with van der Waals surface area (Å²) in [5, 5.41) is 3.43. The van der Waals surface area contributed by atoms with E-state index < -0.39 is 0 Å².